The fourth-order valence-electron chi connectivity index (χ4n) is 2.79. The molecule has 0 atom stereocenters. The van der Waals surface area contributed by atoms with Crippen LogP contribution >= 0.6 is 0 Å². The van der Waals surface area contributed by atoms with Crippen molar-refractivity contribution in [2.45, 2.75) is 26.5 Å². The summed E-state index contributed by atoms with van der Waals surface area (Å²) in [4.78, 5) is 16.8. The van der Waals surface area contributed by atoms with Gasteiger partial charge >= 0.3 is 0 Å². The van der Waals surface area contributed by atoms with E-state index in [9.17, 15) is 4.79 Å². The molecule has 0 radical (unpaired) electrons. The van der Waals surface area contributed by atoms with E-state index in [4.69, 9.17) is 9.47 Å². The third-order valence-corrected chi connectivity index (χ3v) is 4.17. The van der Waals surface area contributed by atoms with Crippen molar-refractivity contribution in [3.63, 3.8) is 0 Å². The van der Waals surface area contributed by atoms with Gasteiger partial charge in [0, 0.05) is 18.3 Å². The average Bonchev–Trinajstić information content (AvgIpc) is 2.74. The highest BCUT2D eigenvalue weighted by atomic mass is 16.5. The van der Waals surface area contributed by atoms with E-state index in [1.165, 1.54) is 0 Å². The summed E-state index contributed by atoms with van der Waals surface area (Å²) in [5.41, 5.74) is 2.22. The Balaban J connectivity index is 1.64. The number of nitrogens with one attached hydrogen (secondary N) is 2. The minimum Gasteiger partial charge on any atom is -0.496 e. The molecule has 0 saturated carbocycles. The van der Waals surface area contributed by atoms with Crippen LogP contribution in [0.3, 0.4) is 0 Å². The van der Waals surface area contributed by atoms with Crippen LogP contribution in [0.5, 0.6) is 11.5 Å². The first-order chi connectivity index (χ1) is 14.1. The zero-order valence-corrected chi connectivity index (χ0v) is 16.8. The topological polar surface area (TPSA) is 72.5 Å². The summed E-state index contributed by atoms with van der Waals surface area (Å²) in [6.07, 6.45) is 1.62. The van der Waals surface area contributed by atoms with Gasteiger partial charge in [-0.15, -0.1) is 0 Å². The highest BCUT2D eigenvalue weighted by molar-refractivity contribution is 5.94. The zero-order valence-electron chi connectivity index (χ0n) is 16.8. The van der Waals surface area contributed by atoms with Crippen LogP contribution in [0, 0.1) is 0 Å². The number of benzene rings is 2. The van der Waals surface area contributed by atoms with Gasteiger partial charge in [0.2, 0.25) is 0 Å². The largest absolute Gasteiger partial charge is 0.496 e. The van der Waals surface area contributed by atoms with Crippen LogP contribution in [0.1, 0.15) is 29.8 Å². The molecule has 1 heterocycles. The number of para-hydroxylation sites is 3. The SMILES string of the molecule is COc1ccccc1CNC(=O)c1ccc(Nc2ccccc2OC(C)C)nc1. The van der Waals surface area contributed by atoms with Crippen molar-refractivity contribution in [2.75, 3.05) is 12.4 Å². The molecule has 150 valence electrons. The summed E-state index contributed by atoms with van der Waals surface area (Å²) in [7, 11) is 1.61. The molecule has 6 heteroatoms. The second-order valence-corrected chi connectivity index (χ2v) is 6.71. The number of carbonyl (C=O) groups excluding carboxylic acids is 1. The Morgan fingerprint density at radius 3 is 2.41 bits per heavy atom. The quantitative estimate of drug-likeness (QED) is 0.589. The minimum absolute atomic E-state index is 0.0696. The number of nitrogens with zero attached hydrogens (tertiary/aromatic N) is 1. The number of ether oxygens (including phenoxy) is 2. The van der Waals surface area contributed by atoms with Crippen LogP contribution in [0.15, 0.2) is 66.9 Å². The van der Waals surface area contributed by atoms with E-state index in [1.54, 1.807) is 25.4 Å². The Morgan fingerprint density at radius 2 is 1.72 bits per heavy atom. The third-order valence-electron chi connectivity index (χ3n) is 4.17. The van der Waals surface area contributed by atoms with Gasteiger partial charge in [0.05, 0.1) is 24.5 Å². The Bertz CT molecular complexity index is 956. The second kappa shape index (κ2) is 9.59. The second-order valence-electron chi connectivity index (χ2n) is 6.71. The number of pyridine rings is 1. The maximum absolute atomic E-state index is 12.4. The molecule has 0 bridgehead atoms. The number of aromatic nitrogens is 1. The highest BCUT2D eigenvalue weighted by Crippen LogP contribution is 2.27. The predicted octanol–water partition coefficient (Wildman–Crippen LogP) is 4.55. The van der Waals surface area contributed by atoms with Gasteiger partial charge in [-0.25, -0.2) is 4.98 Å². The van der Waals surface area contributed by atoms with Gasteiger partial charge in [-0.2, -0.15) is 0 Å². The monoisotopic (exact) mass is 391 g/mol. The molecule has 1 amide bonds. The number of anilines is 2. The van der Waals surface area contributed by atoms with E-state index in [-0.39, 0.29) is 12.0 Å². The van der Waals surface area contributed by atoms with Crippen LogP contribution in [0.25, 0.3) is 0 Å². The molecule has 0 aliphatic carbocycles. The van der Waals surface area contributed by atoms with Crippen LogP contribution in [-0.2, 0) is 6.54 Å². The van der Waals surface area contributed by atoms with Gasteiger partial charge in [-0.3, -0.25) is 4.79 Å². The summed E-state index contributed by atoms with van der Waals surface area (Å²) < 4.78 is 11.1. The van der Waals surface area contributed by atoms with Crippen molar-refractivity contribution in [3.8, 4) is 11.5 Å². The lowest BCUT2D eigenvalue weighted by atomic mass is 10.2. The van der Waals surface area contributed by atoms with Crippen LogP contribution in [0.4, 0.5) is 11.5 Å². The smallest absolute Gasteiger partial charge is 0.253 e. The van der Waals surface area contributed by atoms with Crippen LogP contribution < -0.4 is 20.1 Å². The van der Waals surface area contributed by atoms with E-state index in [1.807, 2.05) is 62.4 Å². The van der Waals surface area contributed by atoms with Crippen molar-refractivity contribution in [2.24, 2.45) is 0 Å². The summed E-state index contributed by atoms with van der Waals surface area (Å²) >= 11 is 0. The maximum atomic E-state index is 12.4. The van der Waals surface area contributed by atoms with Gasteiger partial charge in [0.15, 0.2) is 0 Å². The lowest BCUT2D eigenvalue weighted by Gasteiger charge is -2.15. The summed E-state index contributed by atoms with van der Waals surface area (Å²) in [5.74, 6) is 1.93. The van der Waals surface area contributed by atoms with Gasteiger partial charge in [0.1, 0.15) is 17.3 Å². The van der Waals surface area contributed by atoms with Gasteiger partial charge in [-0.1, -0.05) is 30.3 Å². The Labute approximate surface area is 170 Å². The molecular formula is C23H25N3O3. The number of amides is 1. The Kier molecular flexibility index (Phi) is 6.68. The van der Waals surface area contributed by atoms with E-state index < -0.39 is 0 Å². The number of hydrogen-bond acceptors (Lipinski definition) is 5. The average molecular weight is 391 g/mol. The third kappa shape index (κ3) is 5.48. The first-order valence-electron chi connectivity index (χ1n) is 9.45. The van der Waals surface area contributed by atoms with E-state index in [0.29, 0.717) is 17.9 Å². The number of rotatable bonds is 8. The van der Waals surface area contributed by atoms with Gasteiger partial charge in [-0.05, 0) is 44.2 Å². The normalized spacial score (nSPS) is 10.5. The standard InChI is InChI=1S/C23H25N3O3/c1-16(2)29-21-11-7-5-9-19(21)26-22-13-12-18(15-24-22)23(27)25-14-17-8-4-6-10-20(17)28-3/h4-13,15-16H,14H2,1-3H3,(H,24,26)(H,25,27). The molecule has 3 rings (SSSR count). The van der Waals surface area contributed by atoms with Crippen LogP contribution in [0.2, 0.25) is 0 Å². The van der Waals surface area contributed by atoms with Crippen molar-refractivity contribution in [1.29, 1.82) is 0 Å². The van der Waals surface area contributed by atoms with Crippen molar-refractivity contribution < 1.29 is 14.3 Å². The fourth-order valence-corrected chi connectivity index (χ4v) is 2.79. The molecule has 0 spiro atoms. The molecule has 0 aliphatic heterocycles. The van der Waals surface area contributed by atoms with Crippen LogP contribution in [-0.4, -0.2) is 24.1 Å². The summed E-state index contributed by atoms with van der Waals surface area (Å²) in [6.45, 7) is 4.34. The van der Waals surface area contributed by atoms with Crippen molar-refractivity contribution in [3.05, 3.63) is 78.0 Å². The lowest BCUT2D eigenvalue weighted by Crippen LogP contribution is -2.23. The molecule has 3 aromatic rings. The van der Waals surface area contributed by atoms with E-state index in [2.05, 4.69) is 15.6 Å². The predicted molar refractivity (Wildman–Crippen MR) is 114 cm³/mol. The molecule has 0 fully saturated rings. The molecule has 2 N–H and O–H groups in total. The molecule has 0 saturated heterocycles. The van der Waals surface area contributed by atoms with Crippen molar-refractivity contribution in [1.82, 2.24) is 10.3 Å². The number of hydrogen-bond donors (Lipinski definition) is 2. The van der Waals surface area contributed by atoms with Gasteiger partial charge in [0.25, 0.3) is 5.91 Å². The molecule has 6 nitrogen and oxygen atoms in total. The molecule has 0 unspecified atom stereocenters. The lowest BCUT2D eigenvalue weighted by molar-refractivity contribution is 0.0950. The van der Waals surface area contributed by atoms with E-state index in [0.717, 1.165) is 22.7 Å². The summed E-state index contributed by atoms with van der Waals surface area (Å²) in [6, 6.07) is 18.8. The highest BCUT2D eigenvalue weighted by Gasteiger charge is 2.10. The number of carbonyl (C=O) groups is 1. The van der Waals surface area contributed by atoms with Gasteiger partial charge < -0.3 is 20.1 Å². The Hall–Kier alpha value is -3.54. The van der Waals surface area contributed by atoms with E-state index >= 15 is 0 Å². The van der Waals surface area contributed by atoms with Crippen molar-refractivity contribution >= 4 is 17.4 Å². The number of methoxy groups -OCH3 is 1. The Morgan fingerprint density at radius 1 is 1.00 bits per heavy atom. The molecule has 29 heavy (non-hydrogen) atoms. The first-order valence-corrected chi connectivity index (χ1v) is 9.45. The first kappa shape index (κ1) is 20.2. The molecular weight excluding hydrogens is 366 g/mol. The zero-order chi connectivity index (χ0) is 20.6. The molecule has 0 aliphatic rings. The fraction of sp³-hybridized carbons (Fsp3) is 0.217. The maximum Gasteiger partial charge on any atom is 0.253 e. The minimum atomic E-state index is -0.196. The summed E-state index contributed by atoms with van der Waals surface area (Å²) in [5, 5.41) is 6.12. The molecule has 2 aromatic carbocycles. The molecule has 1 aromatic heterocycles.